The highest BCUT2D eigenvalue weighted by atomic mass is 16.1. The van der Waals surface area contributed by atoms with E-state index in [1.54, 1.807) is 0 Å². The molecule has 0 saturated carbocycles. The highest BCUT2D eigenvalue weighted by molar-refractivity contribution is 6.16. The number of hydrogen-bond donors (Lipinski definition) is 0. The molecular formula is C9H13N3O. The van der Waals surface area contributed by atoms with Gasteiger partial charge in [0.15, 0.2) is 5.78 Å². The van der Waals surface area contributed by atoms with Gasteiger partial charge in [-0.3, -0.25) is 4.79 Å². The first kappa shape index (κ1) is 9.64. The highest BCUT2D eigenvalue weighted by Crippen LogP contribution is 2.20. The SMILES string of the molecule is C=C(C(=O)C(C)(C)C)n1cncn1. The molecule has 0 radical (unpaired) electrons. The number of nitrogens with zero attached hydrogens (tertiary/aromatic N) is 3. The van der Waals surface area contributed by atoms with Gasteiger partial charge in [0, 0.05) is 5.41 Å². The van der Waals surface area contributed by atoms with Gasteiger partial charge in [-0.15, -0.1) is 0 Å². The summed E-state index contributed by atoms with van der Waals surface area (Å²) in [5.74, 6) is -0.0296. The van der Waals surface area contributed by atoms with Crippen LogP contribution in [0.5, 0.6) is 0 Å². The third-order valence-corrected chi connectivity index (χ3v) is 1.64. The number of allylic oxidation sites excluding steroid dienone is 1. The van der Waals surface area contributed by atoms with Crippen molar-refractivity contribution >= 4 is 11.5 Å². The van der Waals surface area contributed by atoms with Crippen molar-refractivity contribution in [3.8, 4) is 0 Å². The molecule has 1 rings (SSSR count). The average Bonchev–Trinajstić information content (AvgIpc) is 2.51. The van der Waals surface area contributed by atoms with Crippen molar-refractivity contribution in [2.75, 3.05) is 0 Å². The lowest BCUT2D eigenvalue weighted by Crippen LogP contribution is -2.23. The van der Waals surface area contributed by atoms with Gasteiger partial charge in [0.1, 0.15) is 18.4 Å². The fraction of sp³-hybridized carbons (Fsp3) is 0.444. The Morgan fingerprint density at radius 1 is 1.46 bits per heavy atom. The molecule has 1 heterocycles. The van der Waals surface area contributed by atoms with Crippen molar-refractivity contribution in [1.29, 1.82) is 0 Å². The number of Topliss-reactive ketones (excluding diaryl/α,β-unsaturated/α-hetero) is 1. The summed E-state index contributed by atoms with van der Waals surface area (Å²) in [6.07, 6.45) is 2.84. The molecule has 0 atom stereocenters. The Hall–Kier alpha value is -1.45. The van der Waals surface area contributed by atoms with Crippen LogP contribution in [0.1, 0.15) is 20.8 Å². The Kier molecular flexibility index (Phi) is 2.32. The van der Waals surface area contributed by atoms with Gasteiger partial charge in [0.25, 0.3) is 0 Å². The van der Waals surface area contributed by atoms with Crippen LogP contribution in [0.15, 0.2) is 19.2 Å². The van der Waals surface area contributed by atoms with Crippen LogP contribution in [0.3, 0.4) is 0 Å². The summed E-state index contributed by atoms with van der Waals surface area (Å²) in [5.41, 5.74) is -0.0757. The molecule has 0 aliphatic carbocycles. The van der Waals surface area contributed by atoms with Gasteiger partial charge in [-0.2, -0.15) is 5.10 Å². The molecule has 0 amide bonds. The quantitative estimate of drug-likeness (QED) is 0.644. The second-order valence-electron chi connectivity index (χ2n) is 3.87. The second kappa shape index (κ2) is 3.12. The lowest BCUT2D eigenvalue weighted by Gasteiger charge is -2.17. The van der Waals surface area contributed by atoms with Crippen LogP contribution in [-0.4, -0.2) is 20.5 Å². The van der Waals surface area contributed by atoms with E-state index in [4.69, 9.17) is 0 Å². The van der Waals surface area contributed by atoms with Crippen LogP contribution in [0.25, 0.3) is 5.70 Å². The third kappa shape index (κ3) is 2.02. The maximum atomic E-state index is 11.7. The predicted molar refractivity (Wildman–Crippen MR) is 49.8 cm³/mol. The topological polar surface area (TPSA) is 47.8 Å². The first-order valence-electron chi connectivity index (χ1n) is 4.01. The molecule has 0 aliphatic heterocycles. The molecule has 0 aliphatic rings. The molecule has 0 saturated heterocycles. The minimum atomic E-state index is -0.428. The van der Waals surface area contributed by atoms with Gasteiger partial charge in [0.05, 0.1) is 0 Å². The summed E-state index contributed by atoms with van der Waals surface area (Å²) in [6, 6.07) is 0. The van der Waals surface area contributed by atoms with Gasteiger partial charge >= 0.3 is 0 Å². The van der Waals surface area contributed by atoms with E-state index in [0.29, 0.717) is 5.70 Å². The van der Waals surface area contributed by atoms with Crippen molar-refractivity contribution < 1.29 is 4.79 Å². The maximum absolute atomic E-state index is 11.7. The molecule has 4 heteroatoms. The second-order valence-corrected chi connectivity index (χ2v) is 3.87. The molecule has 13 heavy (non-hydrogen) atoms. The van der Waals surface area contributed by atoms with E-state index in [1.807, 2.05) is 20.8 Å². The standard InChI is InChI=1S/C9H13N3O/c1-7(8(13)9(2,3)4)12-6-10-5-11-12/h5-6H,1H2,2-4H3. The average molecular weight is 179 g/mol. The minimum absolute atomic E-state index is 0.0296. The normalized spacial score (nSPS) is 11.3. The minimum Gasteiger partial charge on any atom is -0.292 e. The van der Waals surface area contributed by atoms with E-state index < -0.39 is 5.41 Å². The Bertz CT molecular complexity index is 319. The molecule has 0 aromatic carbocycles. The molecule has 4 nitrogen and oxygen atoms in total. The molecular weight excluding hydrogens is 166 g/mol. The predicted octanol–water partition coefficient (Wildman–Crippen LogP) is 1.36. The fourth-order valence-corrected chi connectivity index (χ4v) is 0.885. The maximum Gasteiger partial charge on any atom is 0.185 e. The number of rotatable bonds is 2. The molecule has 0 bridgehead atoms. The highest BCUT2D eigenvalue weighted by Gasteiger charge is 2.24. The summed E-state index contributed by atoms with van der Waals surface area (Å²) in [7, 11) is 0. The van der Waals surface area contributed by atoms with E-state index in [9.17, 15) is 4.79 Å². The molecule has 0 N–H and O–H groups in total. The number of ketones is 1. The molecule has 1 aromatic rings. The van der Waals surface area contributed by atoms with Crippen molar-refractivity contribution in [3.05, 3.63) is 19.2 Å². The first-order chi connectivity index (χ1) is 5.93. The zero-order chi connectivity index (χ0) is 10.1. The fourth-order valence-electron chi connectivity index (χ4n) is 0.885. The van der Waals surface area contributed by atoms with Crippen LogP contribution >= 0.6 is 0 Å². The van der Waals surface area contributed by atoms with Crippen molar-refractivity contribution in [1.82, 2.24) is 14.8 Å². The van der Waals surface area contributed by atoms with Crippen LogP contribution in [0.4, 0.5) is 0 Å². The number of hydrogen-bond acceptors (Lipinski definition) is 3. The third-order valence-electron chi connectivity index (χ3n) is 1.64. The van der Waals surface area contributed by atoms with Crippen LogP contribution in [0, 0.1) is 5.41 Å². The van der Waals surface area contributed by atoms with Gasteiger partial charge in [-0.25, -0.2) is 9.67 Å². The van der Waals surface area contributed by atoms with Crippen LogP contribution < -0.4 is 0 Å². The van der Waals surface area contributed by atoms with Gasteiger partial charge in [-0.1, -0.05) is 27.4 Å². The number of aromatic nitrogens is 3. The van der Waals surface area contributed by atoms with Crippen molar-refractivity contribution in [2.24, 2.45) is 5.41 Å². The zero-order valence-corrected chi connectivity index (χ0v) is 8.11. The van der Waals surface area contributed by atoms with E-state index in [1.165, 1.54) is 17.3 Å². The Balaban J connectivity index is 2.88. The molecule has 0 unspecified atom stereocenters. The Morgan fingerprint density at radius 3 is 2.46 bits per heavy atom. The smallest absolute Gasteiger partial charge is 0.185 e. The summed E-state index contributed by atoms with van der Waals surface area (Å²) in [6.45, 7) is 9.21. The summed E-state index contributed by atoms with van der Waals surface area (Å²) >= 11 is 0. The Morgan fingerprint density at radius 2 is 2.08 bits per heavy atom. The summed E-state index contributed by atoms with van der Waals surface area (Å²) < 4.78 is 1.38. The summed E-state index contributed by atoms with van der Waals surface area (Å²) in [5, 5.41) is 3.84. The van der Waals surface area contributed by atoms with Crippen molar-refractivity contribution in [3.63, 3.8) is 0 Å². The first-order valence-corrected chi connectivity index (χ1v) is 4.01. The molecule has 70 valence electrons. The van der Waals surface area contributed by atoms with Gasteiger partial charge in [-0.05, 0) is 0 Å². The van der Waals surface area contributed by atoms with Crippen molar-refractivity contribution in [2.45, 2.75) is 20.8 Å². The largest absolute Gasteiger partial charge is 0.292 e. The Labute approximate surface area is 77.3 Å². The lowest BCUT2D eigenvalue weighted by atomic mass is 9.89. The van der Waals surface area contributed by atoms with E-state index in [0.717, 1.165) is 0 Å². The number of carbonyl (C=O) groups is 1. The molecule has 0 fully saturated rings. The summed E-state index contributed by atoms with van der Waals surface area (Å²) in [4.78, 5) is 15.4. The lowest BCUT2D eigenvalue weighted by molar-refractivity contribution is -0.120. The van der Waals surface area contributed by atoms with E-state index in [-0.39, 0.29) is 5.78 Å². The van der Waals surface area contributed by atoms with E-state index >= 15 is 0 Å². The van der Waals surface area contributed by atoms with Crippen LogP contribution in [0.2, 0.25) is 0 Å². The number of carbonyl (C=O) groups excluding carboxylic acids is 1. The molecule has 0 spiro atoms. The van der Waals surface area contributed by atoms with Crippen LogP contribution in [-0.2, 0) is 4.79 Å². The van der Waals surface area contributed by atoms with Gasteiger partial charge in [0.2, 0.25) is 0 Å². The van der Waals surface area contributed by atoms with E-state index in [2.05, 4.69) is 16.7 Å². The zero-order valence-electron chi connectivity index (χ0n) is 8.11. The van der Waals surface area contributed by atoms with Gasteiger partial charge < -0.3 is 0 Å². The monoisotopic (exact) mass is 179 g/mol. The molecule has 1 aromatic heterocycles.